The summed E-state index contributed by atoms with van der Waals surface area (Å²) in [6, 6.07) is 7.53. The highest BCUT2D eigenvalue weighted by molar-refractivity contribution is 7.93. The van der Waals surface area contributed by atoms with E-state index in [2.05, 4.69) is 37.0 Å². The van der Waals surface area contributed by atoms with E-state index in [0.717, 1.165) is 54.9 Å². The van der Waals surface area contributed by atoms with Crippen molar-refractivity contribution in [3.63, 3.8) is 0 Å². The van der Waals surface area contributed by atoms with Crippen LogP contribution in [0.15, 0.2) is 41.6 Å². The summed E-state index contributed by atoms with van der Waals surface area (Å²) in [5.74, 6) is -0.765. The number of anilines is 3. The fraction of sp³-hybridized carbons (Fsp3) is 0.300. The Labute approximate surface area is 206 Å². The molecule has 0 fully saturated rings. The van der Waals surface area contributed by atoms with Gasteiger partial charge in [0.2, 0.25) is 5.13 Å². The normalized spacial score (nSPS) is 11.4. The molecule has 1 aromatic heterocycles. The van der Waals surface area contributed by atoms with Gasteiger partial charge in [-0.3, -0.25) is 4.72 Å². The Hall–Kier alpha value is -2.18. The minimum atomic E-state index is -4.12. The van der Waals surface area contributed by atoms with E-state index in [0.29, 0.717) is 5.02 Å². The maximum atomic E-state index is 14.8. The van der Waals surface area contributed by atoms with Crippen LogP contribution in [-0.2, 0) is 16.6 Å². The summed E-state index contributed by atoms with van der Waals surface area (Å²) < 4.78 is 45.8. The van der Waals surface area contributed by atoms with Gasteiger partial charge in [-0.1, -0.05) is 30.1 Å². The van der Waals surface area contributed by atoms with Gasteiger partial charge in [-0.15, -0.1) is 0 Å². The van der Waals surface area contributed by atoms with Crippen molar-refractivity contribution >= 4 is 61.3 Å². The Bertz CT molecular complexity index is 1180. The molecule has 0 unspecified atom stereocenters. The van der Waals surface area contributed by atoms with Gasteiger partial charge in [0.25, 0.3) is 10.0 Å². The molecular weight excluding hydrogens is 510 g/mol. The van der Waals surface area contributed by atoms with Crippen molar-refractivity contribution in [2.45, 2.75) is 24.8 Å². The van der Waals surface area contributed by atoms with Crippen molar-refractivity contribution in [3.05, 3.63) is 58.1 Å². The molecule has 0 spiro atoms. The van der Waals surface area contributed by atoms with E-state index >= 15 is 0 Å². The van der Waals surface area contributed by atoms with Crippen LogP contribution in [0.2, 0.25) is 10.0 Å². The fourth-order valence-corrected chi connectivity index (χ4v) is 5.34. The van der Waals surface area contributed by atoms with E-state index < -0.39 is 20.7 Å². The molecule has 0 saturated carbocycles. The molecule has 3 rings (SSSR count). The average molecular weight is 533 g/mol. The molecule has 0 bridgehead atoms. The largest absolute Gasteiger partial charge is 0.385 e. The van der Waals surface area contributed by atoms with E-state index in [-0.39, 0.29) is 22.4 Å². The van der Waals surface area contributed by atoms with Gasteiger partial charge >= 0.3 is 0 Å². The van der Waals surface area contributed by atoms with Crippen molar-refractivity contribution in [2.75, 3.05) is 35.0 Å². The first-order valence-electron chi connectivity index (χ1n) is 10.1. The van der Waals surface area contributed by atoms with Crippen LogP contribution < -0.4 is 20.7 Å². The quantitative estimate of drug-likeness (QED) is 0.248. The van der Waals surface area contributed by atoms with Crippen LogP contribution >= 0.6 is 34.7 Å². The molecule has 4 N–H and O–H groups in total. The first-order valence-corrected chi connectivity index (χ1v) is 13.1. The Morgan fingerprint density at radius 3 is 2.64 bits per heavy atom. The van der Waals surface area contributed by atoms with Crippen molar-refractivity contribution in [1.29, 1.82) is 0 Å². The number of hydrogen-bond acceptors (Lipinski definition) is 8. The number of rotatable bonds is 12. The van der Waals surface area contributed by atoms with Crippen LogP contribution in [-0.4, -0.2) is 37.4 Å². The Morgan fingerprint density at radius 1 is 1.09 bits per heavy atom. The number of halogens is 3. The van der Waals surface area contributed by atoms with Crippen LogP contribution in [0.3, 0.4) is 0 Å². The summed E-state index contributed by atoms with van der Waals surface area (Å²) in [7, 11) is -4.12. The van der Waals surface area contributed by atoms with Gasteiger partial charge in [0, 0.05) is 35.3 Å². The van der Waals surface area contributed by atoms with E-state index in [4.69, 9.17) is 23.2 Å². The molecule has 0 saturated heterocycles. The van der Waals surface area contributed by atoms with Crippen LogP contribution in [0.25, 0.3) is 0 Å². The van der Waals surface area contributed by atoms with E-state index in [1.165, 1.54) is 12.4 Å². The second kappa shape index (κ2) is 11.8. The highest BCUT2D eigenvalue weighted by Crippen LogP contribution is 2.30. The van der Waals surface area contributed by atoms with Crippen molar-refractivity contribution in [2.24, 2.45) is 0 Å². The van der Waals surface area contributed by atoms with Gasteiger partial charge in [0.1, 0.15) is 17.0 Å². The standard InChI is InChI=1S/C20H23Cl2FN6O2S2/c1-2-24-6-3-7-25-17-5-4-14(21)8-13(17)11-26-18-9-15(22)19(10-16(18)23)33(30,31)29-20-27-12-28-32-20/h4-5,8-10,12,24-26H,2-3,6-7,11H2,1H3,(H,27,28,29). The molecule has 0 aliphatic rings. The Balaban J connectivity index is 1.72. The van der Waals surface area contributed by atoms with E-state index in [1.807, 2.05) is 6.07 Å². The lowest BCUT2D eigenvalue weighted by Crippen LogP contribution is -2.17. The molecule has 13 heteroatoms. The van der Waals surface area contributed by atoms with Crippen LogP contribution in [0.5, 0.6) is 0 Å². The lowest BCUT2D eigenvalue weighted by atomic mass is 10.1. The zero-order valence-corrected chi connectivity index (χ0v) is 20.8. The van der Waals surface area contributed by atoms with Gasteiger partial charge in [0.15, 0.2) is 0 Å². The number of hydrogen-bond donors (Lipinski definition) is 4. The Morgan fingerprint density at radius 2 is 1.91 bits per heavy atom. The summed E-state index contributed by atoms with van der Waals surface area (Å²) in [4.78, 5) is 3.36. The number of benzene rings is 2. The summed E-state index contributed by atoms with van der Waals surface area (Å²) in [6.45, 7) is 4.88. The molecule has 0 aliphatic heterocycles. The third-order valence-electron chi connectivity index (χ3n) is 4.53. The minimum Gasteiger partial charge on any atom is -0.385 e. The molecule has 178 valence electrons. The number of aromatic nitrogens is 2. The molecule has 0 aliphatic carbocycles. The summed E-state index contributed by atoms with van der Waals surface area (Å²) in [5, 5.41) is 10.1. The SMILES string of the molecule is CCNCCCNc1ccc(Cl)cc1CNc1cc(Cl)c(S(=O)(=O)Nc2ncns2)cc1F. The van der Waals surface area contributed by atoms with E-state index in [1.54, 1.807) is 12.1 Å². The molecule has 8 nitrogen and oxygen atoms in total. The van der Waals surface area contributed by atoms with Crippen LogP contribution in [0, 0.1) is 5.82 Å². The average Bonchev–Trinajstić information content (AvgIpc) is 3.27. The lowest BCUT2D eigenvalue weighted by molar-refractivity contribution is 0.596. The number of sulfonamides is 1. The monoisotopic (exact) mass is 532 g/mol. The maximum Gasteiger partial charge on any atom is 0.265 e. The highest BCUT2D eigenvalue weighted by atomic mass is 35.5. The molecule has 33 heavy (non-hydrogen) atoms. The van der Waals surface area contributed by atoms with Gasteiger partial charge in [-0.25, -0.2) is 17.8 Å². The summed E-state index contributed by atoms with van der Waals surface area (Å²) >= 11 is 13.2. The molecule has 0 atom stereocenters. The van der Waals surface area contributed by atoms with Crippen molar-refractivity contribution < 1.29 is 12.8 Å². The number of nitrogens with one attached hydrogen (secondary N) is 4. The second-order valence-corrected chi connectivity index (χ2v) is 10.2. The molecule has 0 radical (unpaired) electrons. The molecule has 1 heterocycles. The molecule has 2 aromatic carbocycles. The third kappa shape index (κ3) is 7.15. The van der Waals surface area contributed by atoms with Crippen molar-refractivity contribution in [3.8, 4) is 0 Å². The number of nitrogens with zero attached hydrogens (tertiary/aromatic N) is 2. The minimum absolute atomic E-state index is 0.0557. The first-order chi connectivity index (χ1) is 15.8. The van der Waals surface area contributed by atoms with Crippen LogP contribution in [0.1, 0.15) is 18.9 Å². The lowest BCUT2D eigenvalue weighted by Gasteiger charge is -2.15. The third-order valence-corrected chi connectivity index (χ3v) is 7.27. The van der Waals surface area contributed by atoms with Crippen LogP contribution in [0.4, 0.5) is 20.9 Å². The predicted molar refractivity (Wildman–Crippen MR) is 133 cm³/mol. The fourth-order valence-electron chi connectivity index (χ4n) is 2.94. The molecular formula is C20H23Cl2FN6O2S2. The highest BCUT2D eigenvalue weighted by Gasteiger charge is 2.22. The van der Waals surface area contributed by atoms with Gasteiger partial charge in [-0.05, 0) is 55.4 Å². The first kappa shape index (κ1) is 25.4. The van der Waals surface area contributed by atoms with Gasteiger partial charge in [0.05, 0.1) is 10.7 Å². The Kier molecular flexibility index (Phi) is 9.10. The van der Waals surface area contributed by atoms with Gasteiger partial charge in [-0.2, -0.15) is 4.37 Å². The zero-order valence-electron chi connectivity index (χ0n) is 17.7. The predicted octanol–water partition coefficient (Wildman–Crippen LogP) is 4.81. The smallest absolute Gasteiger partial charge is 0.265 e. The topological polar surface area (TPSA) is 108 Å². The van der Waals surface area contributed by atoms with E-state index in [9.17, 15) is 12.8 Å². The molecule has 3 aromatic rings. The molecule has 0 amide bonds. The second-order valence-electron chi connectivity index (χ2n) is 6.90. The summed E-state index contributed by atoms with van der Waals surface area (Å²) in [6.07, 6.45) is 2.15. The maximum absolute atomic E-state index is 14.8. The van der Waals surface area contributed by atoms with Gasteiger partial charge < -0.3 is 16.0 Å². The summed E-state index contributed by atoms with van der Waals surface area (Å²) in [5.41, 5.74) is 1.76. The van der Waals surface area contributed by atoms with Crippen molar-refractivity contribution in [1.82, 2.24) is 14.7 Å². The zero-order chi connectivity index (χ0) is 23.8.